The third-order valence-corrected chi connectivity index (χ3v) is 2.22. The Bertz CT molecular complexity index is 324. The Morgan fingerprint density at radius 3 is 3.45 bits per heavy atom. The molecule has 56 valence electrons. The molecule has 3 rings (SSSR count). The zero-order chi connectivity index (χ0) is 7.26. The fourth-order valence-corrected chi connectivity index (χ4v) is 1.68. The maximum atomic E-state index is 3.31. The molecular weight excluding hydrogens is 138 g/mol. The normalized spacial score (nSPS) is 25.8. The molecule has 3 heteroatoms. The van der Waals surface area contributed by atoms with E-state index < -0.39 is 0 Å². The second-order valence-electron chi connectivity index (χ2n) is 2.96. The van der Waals surface area contributed by atoms with Crippen molar-refractivity contribution < 1.29 is 0 Å². The van der Waals surface area contributed by atoms with Crippen molar-refractivity contribution in [2.75, 3.05) is 6.54 Å². The number of hydrazine groups is 1. The second-order valence-corrected chi connectivity index (χ2v) is 2.96. The van der Waals surface area contributed by atoms with Crippen LogP contribution in [-0.4, -0.2) is 16.1 Å². The lowest BCUT2D eigenvalue weighted by Crippen LogP contribution is -2.37. The smallest absolute Gasteiger partial charge is 0.0932 e. The van der Waals surface area contributed by atoms with Gasteiger partial charge >= 0.3 is 0 Å². The molecule has 1 aromatic rings. The van der Waals surface area contributed by atoms with Gasteiger partial charge in [0.1, 0.15) is 0 Å². The van der Waals surface area contributed by atoms with Crippen LogP contribution in [0.5, 0.6) is 0 Å². The SMILES string of the molecule is C1=C2NN(C1)Cn1cccc12. The van der Waals surface area contributed by atoms with Crippen LogP contribution in [0.3, 0.4) is 0 Å². The molecule has 2 aliphatic heterocycles. The summed E-state index contributed by atoms with van der Waals surface area (Å²) < 4.78 is 2.25. The van der Waals surface area contributed by atoms with Gasteiger partial charge < -0.3 is 9.99 Å². The van der Waals surface area contributed by atoms with E-state index >= 15 is 0 Å². The highest BCUT2D eigenvalue weighted by molar-refractivity contribution is 5.63. The minimum atomic E-state index is 0.961. The van der Waals surface area contributed by atoms with Crippen LogP contribution < -0.4 is 5.43 Å². The van der Waals surface area contributed by atoms with Gasteiger partial charge in [0, 0.05) is 12.7 Å². The summed E-state index contributed by atoms with van der Waals surface area (Å²) >= 11 is 0. The molecular formula is C8H9N3. The van der Waals surface area contributed by atoms with Gasteiger partial charge in [0.15, 0.2) is 0 Å². The number of rotatable bonds is 0. The Balaban J connectivity index is 2.23. The lowest BCUT2D eigenvalue weighted by Gasteiger charge is -2.25. The van der Waals surface area contributed by atoms with Gasteiger partial charge in [0.05, 0.1) is 18.1 Å². The third-order valence-electron chi connectivity index (χ3n) is 2.22. The van der Waals surface area contributed by atoms with Crippen LogP contribution in [0.2, 0.25) is 0 Å². The molecule has 0 radical (unpaired) electrons. The van der Waals surface area contributed by atoms with Crippen molar-refractivity contribution in [3.63, 3.8) is 0 Å². The van der Waals surface area contributed by atoms with Crippen molar-refractivity contribution >= 4 is 5.70 Å². The number of nitrogens with one attached hydrogen (secondary N) is 1. The molecule has 1 atom stereocenters. The van der Waals surface area contributed by atoms with Crippen molar-refractivity contribution in [1.82, 2.24) is 15.0 Å². The summed E-state index contributed by atoms with van der Waals surface area (Å²) in [4.78, 5) is 0. The van der Waals surface area contributed by atoms with E-state index in [-0.39, 0.29) is 0 Å². The lowest BCUT2D eigenvalue weighted by atomic mass is 10.3. The summed E-state index contributed by atoms with van der Waals surface area (Å²) in [5.41, 5.74) is 5.86. The molecule has 1 N–H and O–H groups in total. The quantitative estimate of drug-likeness (QED) is 0.580. The number of hydrogen-bond acceptors (Lipinski definition) is 2. The molecule has 0 amide bonds. The minimum absolute atomic E-state index is 0.961. The van der Waals surface area contributed by atoms with Gasteiger partial charge in [-0.3, -0.25) is 0 Å². The van der Waals surface area contributed by atoms with Crippen molar-refractivity contribution in [3.8, 4) is 0 Å². The monoisotopic (exact) mass is 147 g/mol. The Hall–Kier alpha value is -1.22. The predicted molar refractivity (Wildman–Crippen MR) is 42.3 cm³/mol. The molecule has 0 aromatic carbocycles. The van der Waals surface area contributed by atoms with Gasteiger partial charge in [-0.25, -0.2) is 0 Å². The van der Waals surface area contributed by atoms with Gasteiger partial charge in [-0.05, 0) is 18.2 Å². The first-order chi connectivity index (χ1) is 5.43. The van der Waals surface area contributed by atoms with Crippen LogP contribution >= 0.6 is 0 Å². The van der Waals surface area contributed by atoms with Crippen molar-refractivity contribution in [2.24, 2.45) is 0 Å². The van der Waals surface area contributed by atoms with E-state index in [1.54, 1.807) is 0 Å². The molecule has 2 aliphatic rings. The highest BCUT2D eigenvalue weighted by Crippen LogP contribution is 2.22. The van der Waals surface area contributed by atoms with Gasteiger partial charge in [0.2, 0.25) is 0 Å². The second kappa shape index (κ2) is 1.68. The highest BCUT2D eigenvalue weighted by atomic mass is 15.6. The van der Waals surface area contributed by atoms with Gasteiger partial charge in [-0.2, -0.15) is 5.01 Å². The maximum Gasteiger partial charge on any atom is 0.0932 e. The van der Waals surface area contributed by atoms with E-state index in [4.69, 9.17) is 0 Å². The number of aromatic nitrogens is 1. The molecule has 0 saturated carbocycles. The Morgan fingerprint density at radius 2 is 2.45 bits per heavy atom. The van der Waals surface area contributed by atoms with Crippen LogP contribution in [0.4, 0.5) is 0 Å². The first kappa shape index (κ1) is 5.43. The van der Waals surface area contributed by atoms with Crippen LogP contribution in [-0.2, 0) is 6.67 Å². The first-order valence-electron chi connectivity index (χ1n) is 3.81. The molecule has 3 heterocycles. The van der Waals surface area contributed by atoms with Crippen LogP contribution in [0.25, 0.3) is 5.70 Å². The predicted octanol–water partition coefficient (Wildman–Crippen LogP) is 0.620. The number of nitrogens with zero attached hydrogens (tertiary/aromatic N) is 2. The minimum Gasteiger partial charge on any atom is -0.331 e. The largest absolute Gasteiger partial charge is 0.331 e. The summed E-state index contributed by atoms with van der Waals surface area (Å²) in [5, 5.41) is 2.18. The third kappa shape index (κ3) is 0.607. The Kier molecular flexibility index (Phi) is 0.830. The van der Waals surface area contributed by atoms with E-state index in [9.17, 15) is 0 Å². The summed E-state index contributed by atoms with van der Waals surface area (Å²) in [7, 11) is 0. The van der Waals surface area contributed by atoms with Crippen LogP contribution in [0.15, 0.2) is 24.4 Å². The van der Waals surface area contributed by atoms with Crippen molar-refractivity contribution in [1.29, 1.82) is 0 Å². The number of fused-ring (bicyclic) bond motifs is 4. The molecule has 0 aliphatic carbocycles. The van der Waals surface area contributed by atoms with Gasteiger partial charge in [-0.1, -0.05) is 0 Å². The summed E-state index contributed by atoms with van der Waals surface area (Å²) in [6, 6.07) is 4.22. The van der Waals surface area contributed by atoms with E-state index in [0.29, 0.717) is 0 Å². The zero-order valence-electron chi connectivity index (χ0n) is 6.12. The van der Waals surface area contributed by atoms with E-state index in [2.05, 4.69) is 39.4 Å². The standard InChI is InChI=1S/C8H9N3/c1-2-8-7-3-5-11(9-7)6-10(8)4-1/h1-4,9H,5-6H2. The maximum absolute atomic E-state index is 3.31. The number of hydrogen-bond donors (Lipinski definition) is 1. The van der Waals surface area contributed by atoms with Crippen molar-refractivity contribution in [2.45, 2.75) is 6.67 Å². The fraction of sp³-hybridized carbons (Fsp3) is 0.250. The highest BCUT2D eigenvalue weighted by Gasteiger charge is 2.22. The Labute approximate surface area is 64.9 Å². The first-order valence-corrected chi connectivity index (χ1v) is 3.81. The average Bonchev–Trinajstić information content (AvgIpc) is 2.58. The molecule has 0 spiro atoms. The van der Waals surface area contributed by atoms with Crippen LogP contribution in [0, 0.1) is 0 Å². The summed E-state index contributed by atoms with van der Waals surface area (Å²) in [6.07, 6.45) is 4.33. The molecule has 11 heavy (non-hydrogen) atoms. The zero-order valence-corrected chi connectivity index (χ0v) is 6.12. The van der Waals surface area contributed by atoms with Gasteiger partial charge in [-0.15, -0.1) is 0 Å². The average molecular weight is 147 g/mol. The summed E-state index contributed by atoms with van der Waals surface area (Å²) in [6.45, 7) is 1.99. The molecule has 1 unspecified atom stereocenters. The Morgan fingerprint density at radius 1 is 1.45 bits per heavy atom. The lowest BCUT2D eigenvalue weighted by molar-refractivity contribution is 0.199. The van der Waals surface area contributed by atoms with Crippen molar-refractivity contribution in [3.05, 3.63) is 30.1 Å². The van der Waals surface area contributed by atoms with E-state index in [0.717, 1.165) is 13.2 Å². The molecule has 0 saturated heterocycles. The summed E-state index contributed by atoms with van der Waals surface area (Å²) in [5.74, 6) is 0. The van der Waals surface area contributed by atoms with E-state index in [1.165, 1.54) is 11.4 Å². The van der Waals surface area contributed by atoms with Gasteiger partial charge in [0.25, 0.3) is 0 Å². The van der Waals surface area contributed by atoms with E-state index in [1.807, 2.05) is 0 Å². The molecule has 0 fully saturated rings. The van der Waals surface area contributed by atoms with Crippen LogP contribution in [0.1, 0.15) is 5.69 Å². The molecule has 3 nitrogen and oxygen atoms in total. The molecule has 2 bridgehead atoms. The topological polar surface area (TPSA) is 20.2 Å². The molecule has 1 aromatic heterocycles. The fourth-order valence-electron chi connectivity index (χ4n) is 1.68.